The third-order valence-electron chi connectivity index (χ3n) is 9.18. The summed E-state index contributed by atoms with van der Waals surface area (Å²) >= 11 is 0. The Bertz CT molecular complexity index is 918. The van der Waals surface area contributed by atoms with E-state index in [1.54, 1.807) is 5.56 Å². The van der Waals surface area contributed by atoms with Gasteiger partial charge in [0.25, 0.3) is 0 Å². The molecule has 0 amide bonds. The SMILES string of the molecule is CCc1cc2c(cc1OCc1ccccc1)CC[C@@H]1[C@@H]2CC[C@]2(C)[C@@H](C(C)O)CC[C@@H]12. The summed E-state index contributed by atoms with van der Waals surface area (Å²) in [6.07, 6.45) is 8.38. The molecule has 2 nitrogen and oxygen atoms in total. The van der Waals surface area contributed by atoms with Crippen LogP contribution in [0.3, 0.4) is 0 Å². The predicted molar refractivity (Wildman–Crippen MR) is 126 cm³/mol. The number of hydrogen-bond donors (Lipinski definition) is 1. The van der Waals surface area contributed by atoms with Crippen LogP contribution in [0, 0.1) is 23.2 Å². The molecule has 0 spiro atoms. The Labute approximate surface area is 188 Å². The zero-order valence-electron chi connectivity index (χ0n) is 19.4. The maximum Gasteiger partial charge on any atom is 0.123 e. The van der Waals surface area contributed by atoms with Crippen LogP contribution < -0.4 is 4.74 Å². The van der Waals surface area contributed by atoms with E-state index in [4.69, 9.17) is 4.74 Å². The summed E-state index contributed by atoms with van der Waals surface area (Å²) in [6, 6.07) is 15.3. The molecular formula is C29H38O2. The van der Waals surface area contributed by atoms with Crippen LogP contribution in [0.25, 0.3) is 0 Å². The van der Waals surface area contributed by atoms with Crippen LogP contribution in [0.2, 0.25) is 0 Å². The van der Waals surface area contributed by atoms with E-state index in [9.17, 15) is 5.11 Å². The van der Waals surface area contributed by atoms with Crippen molar-refractivity contribution >= 4 is 0 Å². The number of aryl methyl sites for hydroxylation is 2. The normalized spacial score (nSPS) is 32.6. The van der Waals surface area contributed by atoms with E-state index in [0.717, 1.165) is 24.0 Å². The number of fused-ring (bicyclic) bond motifs is 5. The Morgan fingerprint density at radius 1 is 1.10 bits per heavy atom. The average Bonchev–Trinajstić information content (AvgIpc) is 3.15. The maximum atomic E-state index is 10.4. The smallest absolute Gasteiger partial charge is 0.123 e. The Hall–Kier alpha value is -1.80. The summed E-state index contributed by atoms with van der Waals surface area (Å²) in [7, 11) is 0. The quantitative estimate of drug-likeness (QED) is 0.587. The molecular weight excluding hydrogens is 380 g/mol. The molecule has 2 saturated carbocycles. The molecule has 3 aliphatic rings. The minimum atomic E-state index is -0.168. The predicted octanol–water partition coefficient (Wildman–Crippen LogP) is 6.68. The van der Waals surface area contributed by atoms with Crippen molar-refractivity contribution in [2.45, 2.75) is 84.3 Å². The van der Waals surface area contributed by atoms with Gasteiger partial charge in [0.2, 0.25) is 0 Å². The second kappa shape index (κ2) is 8.28. The summed E-state index contributed by atoms with van der Waals surface area (Å²) in [5.74, 6) is 3.83. The van der Waals surface area contributed by atoms with Crippen molar-refractivity contribution in [2.75, 3.05) is 0 Å². The fourth-order valence-corrected chi connectivity index (χ4v) is 7.62. The largest absolute Gasteiger partial charge is 0.489 e. The Morgan fingerprint density at radius 3 is 2.65 bits per heavy atom. The van der Waals surface area contributed by atoms with Crippen molar-refractivity contribution in [2.24, 2.45) is 23.2 Å². The Balaban J connectivity index is 1.40. The Morgan fingerprint density at radius 2 is 1.90 bits per heavy atom. The van der Waals surface area contributed by atoms with Crippen molar-refractivity contribution in [3.05, 3.63) is 64.7 Å². The summed E-state index contributed by atoms with van der Waals surface area (Å²) in [5.41, 5.74) is 6.05. The van der Waals surface area contributed by atoms with Gasteiger partial charge in [0, 0.05) is 0 Å². The molecule has 0 aliphatic heterocycles. The molecule has 0 bridgehead atoms. The molecule has 0 heterocycles. The number of ether oxygens (including phenoxy) is 1. The minimum Gasteiger partial charge on any atom is -0.489 e. The standard InChI is InChI=1S/C29H38O2/c1-4-21-16-25-22(17-28(21)31-18-20-8-6-5-7-9-20)10-11-24-23(25)14-15-29(3)26(19(2)30)12-13-27(24)29/h5-9,16-17,19,23-24,26-27,30H,4,10-15,18H2,1-3H3/t19?,23-,24+,26+,27-,29+/m0/s1. The third-order valence-corrected chi connectivity index (χ3v) is 9.18. The molecule has 5 rings (SSSR count). The second-order valence-corrected chi connectivity index (χ2v) is 10.7. The molecule has 6 atom stereocenters. The maximum absolute atomic E-state index is 10.4. The molecule has 0 aromatic heterocycles. The first-order chi connectivity index (χ1) is 15.0. The zero-order valence-corrected chi connectivity index (χ0v) is 19.4. The van der Waals surface area contributed by atoms with E-state index in [0.29, 0.717) is 23.9 Å². The lowest BCUT2D eigenvalue weighted by atomic mass is 9.53. The molecule has 0 saturated heterocycles. The van der Waals surface area contributed by atoms with Crippen LogP contribution in [-0.4, -0.2) is 11.2 Å². The van der Waals surface area contributed by atoms with Crippen molar-refractivity contribution in [1.82, 2.24) is 0 Å². The fourth-order valence-electron chi connectivity index (χ4n) is 7.62. The van der Waals surface area contributed by atoms with Gasteiger partial charge in [-0.05, 0) is 109 Å². The van der Waals surface area contributed by atoms with E-state index in [2.05, 4.69) is 56.3 Å². The fraction of sp³-hybridized carbons (Fsp3) is 0.586. The molecule has 0 radical (unpaired) electrons. The number of hydrogen-bond acceptors (Lipinski definition) is 2. The molecule has 31 heavy (non-hydrogen) atoms. The minimum absolute atomic E-state index is 0.168. The van der Waals surface area contributed by atoms with E-state index in [-0.39, 0.29) is 6.10 Å². The first-order valence-electron chi connectivity index (χ1n) is 12.5. The first-order valence-corrected chi connectivity index (χ1v) is 12.5. The average molecular weight is 419 g/mol. The molecule has 2 aromatic carbocycles. The number of rotatable bonds is 5. The van der Waals surface area contributed by atoms with Crippen LogP contribution >= 0.6 is 0 Å². The lowest BCUT2D eigenvalue weighted by molar-refractivity contribution is -0.0180. The van der Waals surface area contributed by atoms with Gasteiger partial charge in [-0.1, -0.05) is 50.2 Å². The molecule has 166 valence electrons. The van der Waals surface area contributed by atoms with Crippen LogP contribution in [0.5, 0.6) is 5.75 Å². The highest BCUT2D eigenvalue weighted by molar-refractivity contribution is 5.46. The zero-order chi connectivity index (χ0) is 21.6. The summed E-state index contributed by atoms with van der Waals surface area (Å²) < 4.78 is 6.31. The van der Waals surface area contributed by atoms with Crippen LogP contribution in [0.4, 0.5) is 0 Å². The number of aliphatic hydroxyl groups is 1. The van der Waals surface area contributed by atoms with Crippen molar-refractivity contribution in [3.63, 3.8) is 0 Å². The summed E-state index contributed by atoms with van der Waals surface area (Å²) in [4.78, 5) is 0. The lowest BCUT2D eigenvalue weighted by Crippen LogP contribution is -2.44. The van der Waals surface area contributed by atoms with Gasteiger partial charge in [-0.3, -0.25) is 0 Å². The molecule has 3 aliphatic carbocycles. The van der Waals surface area contributed by atoms with Crippen LogP contribution in [0.1, 0.15) is 81.0 Å². The van der Waals surface area contributed by atoms with Gasteiger partial charge < -0.3 is 9.84 Å². The molecule has 2 aromatic rings. The van der Waals surface area contributed by atoms with Gasteiger partial charge in [0.15, 0.2) is 0 Å². The van der Waals surface area contributed by atoms with E-state index < -0.39 is 0 Å². The molecule has 2 fully saturated rings. The van der Waals surface area contributed by atoms with Gasteiger partial charge in [0.1, 0.15) is 12.4 Å². The number of benzene rings is 2. The molecule has 2 heteroatoms. The van der Waals surface area contributed by atoms with Crippen molar-refractivity contribution < 1.29 is 9.84 Å². The number of aliphatic hydroxyl groups excluding tert-OH is 1. The third kappa shape index (κ3) is 3.61. The Kier molecular flexibility index (Phi) is 5.63. The summed E-state index contributed by atoms with van der Waals surface area (Å²) in [5, 5.41) is 10.4. The highest BCUT2D eigenvalue weighted by atomic mass is 16.5. The monoisotopic (exact) mass is 418 g/mol. The summed E-state index contributed by atoms with van der Waals surface area (Å²) in [6.45, 7) is 7.40. The van der Waals surface area contributed by atoms with Crippen LogP contribution in [-0.2, 0) is 19.4 Å². The van der Waals surface area contributed by atoms with E-state index in [1.165, 1.54) is 55.2 Å². The molecule has 1 unspecified atom stereocenters. The van der Waals surface area contributed by atoms with Crippen LogP contribution in [0.15, 0.2) is 42.5 Å². The van der Waals surface area contributed by atoms with Crippen molar-refractivity contribution in [3.8, 4) is 5.75 Å². The van der Waals surface area contributed by atoms with Gasteiger partial charge in [-0.15, -0.1) is 0 Å². The van der Waals surface area contributed by atoms with Gasteiger partial charge in [0.05, 0.1) is 6.10 Å². The highest BCUT2D eigenvalue weighted by Crippen LogP contribution is 2.63. The second-order valence-electron chi connectivity index (χ2n) is 10.7. The van der Waals surface area contributed by atoms with Crippen molar-refractivity contribution in [1.29, 1.82) is 0 Å². The van der Waals surface area contributed by atoms with Gasteiger partial charge in [-0.25, -0.2) is 0 Å². The molecule has 1 N–H and O–H groups in total. The topological polar surface area (TPSA) is 29.5 Å². The van der Waals surface area contributed by atoms with E-state index >= 15 is 0 Å². The van der Waals surface area contributed by atoms with Gasteiger partial charge in [-0.2, -0.15) is 0 Å². The van der Waals surface area contributed by atoms with E-state index in [1.807, 2.05) is 6.92 Å². The highest BCUT2D eigenvalue weighted by Gasteiger charge is 2.55. The van der Waals surface area contributed by atoms with Gasteiger partial charge >= 0.3 is 0 Å². The lowest BCUT2D eigenvalue weighted by Gasteiger charge is -2.51. The first kappa shape index (κ1) is 21.1.